The standard InChI is InChI=1S/C24H25ClN2O2/c1-16(27-24(28)18-6-10-19(25)11-7-18)17-8-12-20(13-9-17)29-23-14-15-26-22-5-3-2-4-21(22)23/h2-7,10-11,14-17,20H,8-9,12-13H2,1H3,(H,27,28). The lowest BCUT2D eigenvalue weighted by molar-refractivity contribution is 0.0887. The van der Waals surface area contributed by atoms with Crippen LogP contribution in [0.15, 0.2) is 60.8 Å². The van der Waals surface area contributed by atoms with Gasteiger partial charge in [-0.25, -0.2) is 0 Å². The molecule has 0 radical (unpaired) electrons. The number of nitrogens with zero attached hydrogens (tertiary/aromatic N) is 1. The molecule has 1 unspecified atom stereocenters. The molecule has 1 aliphatic carbocycles. The molecule has 1 amide bonds. The average Bonchev–Trinajstić information content (AvgIpc) is 2.75. The molecule has 0 saturated heterocycles. The molecule has 0 aliphatic heterocycles. The second-order valence-corrected chi connectivity index (χ2v) is 8.19. The van der Waals surface area contributed by atoms with Gasteiger partial charge in [-0.05, 0) is 81.0 Å². The molecule has 0 spiro atoms. The van der Waals surface area contributed by atoms with Gasteiger partial charge in [0.25, 0.3) is 5.91 Å². The van der Waals surface area contributed by atoms with E-state index in [1.54, 1.807) is 30.5 Å². The van der Waals surface area contributed by atoms with Crippen LogP contribution < -0.4 is 10.1 Å². The minimum absolute atomic E-state index is 0.0456. The summed E-state index contributed by atoms with van der Waals surface area (Å²) in [5.74, 6) is 1.32. The van der Waals surface area contributed by atoms with Crippen LogP contribution >= 0.6 is 11.6 Å². The number of rotatable bonds is 5. The highest BCUT2D eigenvalue weighted by molar-refractivity contribution is 6.30. The number of amides is 1. The fourth-order valence-electron chi connectivity index (χ4n) is 4.07. The van der Waals surface area contributed by atoms with Crippen molar-refractivity contribution in [2.75, 3.05) is 0 Å². The number of fused-ring (bicyclic) bond motifs is 1. The molecule has 4 nitrogen and oxygen atoms in total. The number of hydrogen-bond donors (Lipinski definition) is 1. The number of hydrogen-bond acceptors (Lipinski definition) is 3. The molecule has 3 aromatic rings. The van der Waals surface area contributed by atoms with Gasteiger partial charge >= 0.3 is 0 Å². The van der Waals surface area contributed by atoms with E-state index < -0.39 is 0 Å². The van der Waals surface area contributed by atoms with Gasteiger partial charge in [0.1, 0.15) is 5.75 Å². The first-order chi connectivity index (χ1) is 14.1. The van der Waals surface area contributed by atoms with Crippen molar-refractivity contribution in [3.8, 4) is 5.75 Å². The van der Waals surface area contributed by atoms with Crippen molar-refractivity contribution in [2.24, 2.45) is 5.92 Å². The van der Waals surface area contributed by atoms with E-state index in [0.29, 0.717) is 16.5 Å². The van der Waals surface area contributed by atoms with Crippen LogP contribution in [-0.4, -0.2) is 23.0 Å². The summed E-state index contributed by atoms with van der Waals surface area (Å²) >= 11 is 5.90. The summed E-state index contributed by atoms with van der Waals surface area (Å²) in [6.45, 7) is 2.09. The van der Waals surface area contributed by atoms with E-state index in [4.69, 9.17) is 16.3 Å². The van der Waals surface area contributed by atoms with Crippen LogP contribution in [-0.2, 0) is 0 Å². The molecule has 1 aliphatic rings. The largest absolute Gasteiger partial charge is 0.490 e. The van der Waals surface area contributed by atoms with Gasteiger partial charge in [0.05, 0.1) is 11.6 Å². The smallest absolute Gasteiger partial charge is 0.251 e. The van der Waals surface area contributed by atoms with E-state index in [1.165, 1.54) is 0 Å². The average molecular weight is 409 g/mol. The van der Waals surface area contributed by atoms with Crippen LogP contribution in [0.1, 0.15) is 43.0 Å². The Labute approximate surface area is 176 Å². The summed E-state index contributed by atoms with van der Waals surface area (Å²) in [4.78, 5) is 16.9. The van der Waals surface area contributed by atoms with E-state index in [2.05, 4.69) is 23.3 Å². The maximum atomic E-state index is 12.5. The molecule has 29 heavy (non-hydrogen) atoms. The zero-order valence-corrected chi connectivity index (χ0v) is 17.2. The number of para-hydroxylation sites is 1. The number of nitrogens with one attached hydrogen (secondary N) is 1. The topological polar surface area (TPSA) is 51.2 Å². The number of carbonyl (C=O) groups is 1. The van der Waals surface area contributed by atoms with E-state index in [9.17, 15) is 4.79 Å². The Balaban J connectivity index is 1.32. The molecule has 150 valence electrons. The number of aromatic nitrogens is 1. The predicted molar refractivity (Wildman–Crippen MR) is 116 cm³/mol. The summed E-state index contributed by atoms with van der Waals surface area (Å²) in [7, 11) is 0. The molecular formula is C24H25ClN2O2. The van der Waals surface area contributed by atoms with Crippen molar-refractivity contribution in [1.29, 1.82) is 0 Å². The maximum Gasteiger partial charge on any atom is 0.251 e. The van der Waals surface area contributed by atoms with Gasteiger partial charge < -0.3 is 10.1 Å². The first-order valence-electron chi connectivity index (χ1n) is 10.2. The van der Waals surface area contributed by atoms with Crippen molar-refractivity contribution in [3.05, 3.63) is 71.4 Å². The van der Waals surface area contributed by atoms with Crippen molar-refractivity contribution >= 4 is 28.4 Å². The van der Waals surface area contributed by atoms with Crippen molar-refractivity contribution < 1.29 is 9.53 Å². The summed E-state index contributed by atoms with van der Waals surface area (Å²) in [6, 6.07) is 17.1. The molecule has 5 heteroatoms. The van der Waals surface area contributed by atoms with Crippen LogP contribution in [0.2, 0.25) is 5.02 Å². The van der Waals surface area contributed by atoms with Gasteiger partial charge in [-0.15, -0.1) is 0 Å². The second-order valence-electron chi connectivity index (χ2n) is 7.75. The molecule has 1 heterocycles. The summed E-state index contributed by atoms with van der Waals surface area (Å²) < 4.78 is 6.32. The molecular weight excluding hydrogens is 384 g/mol. The fourth-order valence-corrected chi connectivity index (χ4v) is 4.19. The van der Waals surface area contributed by atoms with Crippen LogP contribution in [0.4, 0.5) is 0 Å². The van der Waals surface area contributed by atoms with Gasteiger partial charge in [0.15, 0.2) is 0 Å². The Hall–Kier alpha value is -2.59. The van der Waals surface area contributed by atoms with Gasteiger partial charge in [-0.1, -0.05) is 23.7 Å². The van der Waals surface area contributed by atoms with Crippen molar-refractivity contribution in [3.63, 3.8) is 0 Å². The van der Waals surface area contributed by atoms with Crippen LogP contribution in [0, 0.1) is 5.92 Å². The number of pyridine rings is 1. The monoisotopic (exact) mass is 408 g/mol. The van der Waals surface area contributed by atoms with E-state index >= 15 is 0 Å². The number of carbonyl (C=O) groups excluding carboxylic acids is 1. The first-order valence-corrected chi connectivity index (χ1v) is 10.5. The molecule has 0 bridgehead atoms. The van der Waals surface area contributed by atoms with E-state index in [-0.39, 0.29) is 18.1 Å². The van der Waals surface area contributed by atoms with E-state index in [1.807, 2.05) is 24.3 Å². The highest BCUT2D eigenvalue weighted by Crippen LogP contribution is 2.32. The zero-order chi connectivity index (χ0) is 20.2. The molecule has 2 aromatic carbocycles. The summed E-state index contributed by atoms with van der Waals surface area (Å²) in [5, 5.41) is 4.83. The Bertz CT molecular complexity index is 976. The van der Waals surface area contributed by atoms with Gasteiger partial charge in [0.2, 0.25) is 0 Å². The lowest BCUT2D eigenvalue weighted by Crippen LogP contribution is -2.40. The lowest BCUT2D eigenvalue weighted by atomic mass is 9.83. The van der Waals surface area contributed by atoms with Crippen LogP contribution in [0.5, 0.6) is 5.75 Å². The second kappa shape index (κ2) is 8.83. The minimum Gasteiger partial charge on any atom is -0.490 e. The number of benzene rings is 2. The quantitative estimate of drug-likeness (QED) is 0.594. The normalized spacial score (nSPS) is 20.2. The Morgan fingerprint density at radius 1 is 1.07 bits per heavy atom. The minimum atomic E-state index is -0.0456. The number of ether oxygens (including phenoxy) is 1. The molecule has 1 saturated carbocycles. The molecule has 1 aromatic heterocycles. The Morgan fingerprint density at radius 2 is 1.79 bits per heavy atom. The first kappa shape index (κ1) is 19.7. The van der Waals surface area contributed by atoms with Crippen molar-refractivity contribution in [2.45, 2.75) is 44.8 Å². The Kier molecular flexibility index (Phi) is 6.00. The number of halogens is 1. The van der Waals surface area contributed by atoms with Gasteiger partial charge in [-0.3, -0.25) is 9.78 Å². The Morgan fingerprint density at radius 3 is 2.55 bits per heavy atom. The fraction of sp³-hybridized carbons (Fsp3) is 0.333. The van der Waals surface area contributed by atoms with E-state index in [0.717, 1.165) is 42.3 Å². The third-order valence-electron chi connectivity index (χ3n) is 5.79. The predicted octanol–water partition coefficient (Wildman–Crippen LogP) is 5.64. The molecule has 1 fully saturated rings. The molecule has 1 atom stereocenters. The molecule has 4 rings (SSSR count). The van der Waals surface area contributed by atoms with Crippen LogP contribution in [0.25, 0.3) is 10.9 Å². The third kappa shape index (κ3) is 4.70. The molecule has 1 N–H and O–H groups in total. The van der Waals surface area contributed by atoms with Crippen LogP contribution in [0.3, 0.4) is 0 Å². The van der Waals surface area contributed by atoms with Gasteiger partial charge in [-0.2, -0.15) is 0 Å². The maximum absolute atomic E-state index is 12.5. The third-order valence-corrected chi connectivity index (χ3v) is 6.05. The lowest BCUT2D eigenvalue weighted by Gasteiger charge is -2.33. The summed E-state index contributed by atoms with van der Waals surface area (Å²) in [5.41, 5.74) is 1.60. The van der Waals surface area contributed by atoms with Crippen molar-refractivity contribution in [1.82, 2.24) is 10.3 Å². The SMILES string of the molecule is CC(NC(=O)c1ccc(Cl)cc1)C1CCC(Oc2ccnc3ccccc23)CC1. The summed E-state index contributed by atoms with van der Waals surface area (Å²) in [6.07, 6.45) is 6.06. The highest BCUT2D eigenvalue weighted by atomic mass is 35.5. The zero-order valence-electron chi connectivity index (χ0n) is 16.5. The highest BCUT2D eigenvalue weighted by Gasteiger charge is 2.27. The van der Waals surface area contributed by atoms with Gasteiger partial charge in [0, 0.05) is 28.2 Å².